The molecule has 3 aromatic carbocycles. The van der Waals surface area contributed by atoms with Crippen LogP contribution in [0, 0.1) is 0 Å². The molecule has 3 aromatic rings. The van der Waals surface area contributed by atoms with Gasteiger partial charge in [-0.05, 0) is 54.3 Å². The van der Waals surface area contributed by atoms with Gasteiger partial charge >= 0.3 is 6.09 Å². The number of nitrogens with one attached hydrogen (secondary N) is 2. The van der Waals surface area contributed by atoms with Gasteiger partial charge in [-0.1, -0.05) is 61.7 Å². The maximum absolute atomic E-state index is 12.5. The van der Waals surface area contributed by atoms with E-state index in [2.05, 4.69) is 10.6 Å². The SMILES string of the molecule is CNC(=O)c1cccc(-c2cc(OC(=O)NC3CCCCC3)ccc2OCc2ccccc2)c1. The standard InChI is InChI=1S/C28H30N2O4/c1-29-27(31)22-12-8-11-21(17-22)25-18-24(34-28(32)30-23-13-6-3-7-14-23)15-16-26(25)33-19-20-9-4-2-5-10-20/h2,4-5,8-12,15-18,23H,3,6-7,13-14,19H2,1H3,(H,29,31)(H,30,32). The van der Waals surface area contributed by atoms with Crippen molar-refractivity contribution in [3.63, 3.8) is 0 Å². The molecule has 0 radical (unpaired) electrons. The Morgan fingerprint density at radius 3 is 2.47 bits per heavy atom. The lowest BCUT2D eigenvalue weighted by Crippen LogP contribution is -2.37. The second kappa shape index (κ2) is 11.4. The van der Waals surface area contributed by atoms with Crippen molar-refractivity contribution in [3.8, 4) is 22.6 Å². The molecule has 1 aliphatic carbocycles. The molecule has 1 saturated carbocycles. The number of hydrogen-bond acceptors (Lipinski definition) is 4. The summed E-state index contributed by atoms with van der Waals surface area (Å²) in [5, 5.41) is 5.62. The molecule has 2 amide bonds. The van der Waals surface area contributed by atoms with Crippen LogP contribution in [0.4, 0.5) is 4.79 Å². The molecule has 1 aliphatic rings. The number of ether oxygens (including phenoxy) is 2. The van der Waals surface area contributed by atoms with Gasteiger partial charge in [-0.15, -0.1) is 0 Å². The maximum Gasteiger partial charge on any atom is 0.412 e. The van der Waals surface area contributed by atoms with E-state index in [1.54, 1.807) is 37.4 Å². The topological polar surface area (TPSA) is 76.7 Å². The van der Waals surface area contributed by atoms with Gasteiger partial charge in [-0.3, -0.25) is 4.79 Å². The van der Waals surface area contributed by atoms with Crippen LogP contribution >= 0.6 is 0 Å². The van der Waals surface area contributed by atoms with Crippen molar-refractivity contribution in [2.75, 3.05) is 7.05 Å². The van der Waals surface area contributed by atoms with Gasteiger partial charge in [-0.2, -0.15) is 0 Å². The van der Waals surface area contributed by atoms with Crippen LogP contribution in [0.25, 0.3) is 11.1 Å². The third-order valence-corrected chi connectivity index (χ3v) is 5.99. The van der Waals surface area contributed by atoms with Crippen LogP contribution in [0.2, 0.25) is 0 Å². The minimum absolute atomic E-state index is 0.165. The number of hydrogen-bond donors (Lipinski definition) is 2. The van der Waals surface area contributed by atoms with Crippen LogP contribution in [0.1, 0.15) is 48.0 Å². The fourth-order valence-electron chi connectivity index (χ4n) is 4.18. The minimum Gasteiger partial charge on any atom is -0.488 e. The van der Waals surface area contributed by atoms with Gasteiger partial charge in [0.15, 0.2) is 0 Å². The first-order chi connectivity index (χ1) is 16.6. The highest BCUT2D eigenvalue weighted by Gasteiger charge is 2.18. The zero-order valence-corrected chi connectivity index (χ0v) is 19.4. The van der Waals surface area contributed by atoms with E-state index in [9.17, 15) is 9.59 Å². The largest absolute Gasteiger partial charge is 0.488 e. The van der Waals surface area contributed by atoms with E-state index < -0.39 is 6.09 Å². The molecule has 2 N–H and O–H groups in total. The quantitative estimate of drug-likeness (QED) is 0.475. The predicted molar refractivity (Wildman–Crippen MR) is 132 cm³/mol. The lowest BCUT2D eigenvalue weighted by Gasteiger charge is -2.22. The maximum atomic E-state index is 12.5. The molecule has 176 valence electrons. The Kier molecular flexibility index (Phi) is 7.81. The van der Waals surface area contributed by atoms with Crippen molar-refractivity contribution in [1.82, 2.24) is 10.6 Å². The third-order valence-electron chi connectivity index (χ3n) is 5.99. The van der Waals surface area contributed by atoms with Crippen molar-refractivity contribution >= 4 is 12.0 Å². The molecule has 0 aromatic heterocycles. The van der Waals surface area contributed by atoms with E-state index in [4.69, 9.17) is 9.47 Å². The Labute approximate surface area is 200 Å². The number of rotatable bonds is 7. The first kappa shape index (κ1) is 23.4. The fraction of sp³-hybridized carbons (Fsp3) is 0.286. The van der Waals surface area contributed by atoms with E-state index in [0.29, 0.717) is 23.7 Å². The van der Waals surface area contributed by atoms with E-state index >= 15 is 0 Å². The number of carbonyl (C=O) groups excluding carboxylic acids is 2. The van der Waals surface area contributed by atoms with Crippen molar-refractivity contribution in [1.29, 1.82) is 0 Å². The van der Waals surface area contributed by atoms with Gasteiger partial charge in [0, 0.05) is 24.2 Å². The summed E-state index contributed by atoms with van der Waals surface area (Å²) in [7, 11) is 1.60. The lowest BCUT2D eigenvalue weighted by atomic mass is 9.96. The zero-order chi connectivity index (χ0) is 23.8. The third kappa shape index (κ3) is 6.16. The van der Waals surface area contributed by atoms with Crippen molar-refractivity contribution < 1.29 is 19.1 Å². The van der Waals surface area contributed by atoms with Gasteiger partial charge in [0.05, 0.1) is 0 Å². The minimum atomic E-state index is -0.449. The highest BCUT2D eigenvalue weighted by Crippen LogP contribution is 2.35. The van der Waals surface area contributed by atoms with Crippen LogP contribution in [-0.4, -0.2) is 25.1 Å². The summed E-state index contributed by atoms with van der Waals surface area (Å²) in [6, 6.07) is 22.7. The lowest BCUT2D eigenvalue weighted by molar-refractivity contribution is 0.0963. The second-order valence-corrected chi connectivity index (χ2v) is 8.46. The molecule has 34 heavy (non-hydrogen) atoms. The first-order valence-corrected chi connectivity index (χ1v) is 11.7. The summed E-state index contributed by atoms with van der Waals surface area (Å²) < 4.78 is 11.7. The van der Waals surface area contributed by atoms with E-state index in [0.717, 1.165) is 42.4 Å². The number of amides is 2. The predicted octanol–water partition coefficient (Wildman–Crippen LogP) is 5.71. The molecule has 6 heteroatoms. The number of benzene rings is 3. The van der Waals surface area contributed by atoms with Gasteiger partial charge in [0.2, 0.25) is 0 Å². The van der Waals surface area contributed by atoms with Crippen molar-refractivity contribution in [3.05, 3.63) is 83.9 Å². The van der Waals surface area contributed by atoms with E-state index in [1.165, 1.54) is 6.42 Å². The van der Waals surface area contributed by atoms with Gasteiger partial charge in [0.25, 0.3) is 5.91 Å². The van der Waals surface area contributed by atoms with E-state index in [-0.39, 0.29) is 11.9 Å². The van der Waals surface area contributed by atoms with Crippen LogP contribution in [0.15, 0.2) is 72.8 Å². The molecule has 0 aliphatic heterocycles. The smallest absolute Gasteiger partial charge is 0.412 e. The highest BCUT2D eigenvalue weighted by molar-refractivity contribution is 5.95. The van der Waals surface area contributed by atoms with Gasteiger partial charge < -0.3 is 20.1 Å². The van der Waals surface area contributed by atoms with Gasteiger partial charge in [-0.25, -0.2) is 4.79 Å². The van der Waals surface area contributed by atoms with Crippen molar-refractivity contribution in [2.45, 2.75) is 44.8 Å². The summed E-state index contributed by atoms with van der Waals surface area (Å²) in [5.74, 6) is 0.881. The Hall–Kier alpha value is -3.80. The normalized spacial score (nSPS) is 13.7. The molecule has 0 bridgehead atoms. The average Bonchev–Trinajstić information content (AvgIpc) is 2.88. The number of carbonyl (C=O) groups is 2. The summed E-state index contributed by atoms with van der Waals surface area (Å²) in [6.07, 6.45) is 5.00. The molecular weight excluding hydrogens is 428 g/mol. The van der Waals surface area contributed by atoms with Crippen molar-refractivity contribution in [2.24, 2.45) is 0 Å². The summed E-state index contributed by atoms with van der Waals surface area (Å²) in [5.41, 5.74) is 3.11. The van der Waals surface area contributed by atoms with Crippen LogP contribution < -0.4 is 20.1 Å². The molecule has 0 unspecified atom stereocenters. The molecule has 0 spiro atoms. The Bertz CT molecular complexity index is 1120. The second-order valence-electron chi connectivity index (χ2n) is 8.46. The molecule has 1 fully saturated rings. The van der Waals surface area contributed by atoms with Crippen LogP contribution in [0.3, 0.4) is 0 Å². The Morgan fingerprint density at radius 1 is 0.912 bits per heavy atom. The molecule has 4 rings (SSSR count). The van der Waals surface area contributed by atoms with E-state index in [1.807, 2.05) is 42.5 Å². The Morgan fingerprint density at radius 2 is 1.71 bits per heavy atom. The zero-order valence-electron chi connectivity index (χ0n) is 19.4. The monoisotopic (exact) mass is 458 g/mol. The summed E-state index contributed by atoms with van der Waals surface area (Å²) in [6.45, 7) is 0.394. The van der Waals surface area contributed by atoms with Crippen LogP contribution in [-0.2, 0) is 6.61 Å². The van der Waals surface area contributed by atoms with Gasteiger partial charge in [0.1, 0.15) is 18.1 Å². The molecule has 6 nitrogen and oxygen atoms in total. The fourth-order valence-corrected chi connectivity index (χ4v) is 4.18. The summed E-state index contributed by atoms with van der Waals surface area (Å²) in [4.78, 5) is 24.7. The first-order valence-electron chi connectivity index (χ1n) is 11.7. The Balaban J connectivity index is 1.58. The molecule has 0 atom stereocenters. The molecule has 0 saturated heterocycles. The average molecular weight is 459 g/mol. The summed E-state index contributed by atoms with van der Waals surface area (Å²) >= 11 is 0. The highest BCUT2D eigenvalue weighted by atomic mass is 16.6. The van der Waals surface area contributed by atoms with Crippen LogP contribution in [0.5, 0.6) is 11.5 Å². The molecule has 0 heterocycles. The molecular formula is C28H30N2O4.